The third kappa shape index (κ3) is 7.55. The van der Waals surface area contributed by atoms with Crippen LogP contribution in [-0.4, -0.2) is 27.3 Å². The fraction of sp³-hybridized carbons (Fsp3) is 0.500. The van der Waals surface area contributed by atoms with Crippen molar-refractivity contribution in [3.05, 3.63) is 17.1 Å². The summed E-state index contributed by atoms with van der Waals surface area (Å²) < 4.78 is 69.7. The van der Waals surface area contributed by atoms with Crippen molar-refractivity contribution in [2.75, 3.05) is 32.2 Å². The van der Waals surface area contributed by atoms with Crippen molar-refractivity contribution >= 4 is 19.2 Å². The van der Waals surface area contributed by atoms with Crippen molar-refractivity contribution in [2.24, 2.45) is 0 Å². The van der Waals surface area contributed by atoms with Crippen molar-refractivity contribution in [2.45, 2.75) is 12.8 Å². The van der Waals surface area contributed by atoms with Crippen LogP contribution in [0.3, 0.4) is 0 Å². The molecule has 1 aliphatic heterocycles. The van der Waals surface area contributed by atoms with Gasteiger partial charge in [0.15, 0.2) is 10.7 Å². The number of nitrogens with zero attached hydrogens (tertiary/aromatic N) is 3. The summed E-state index contributed by atoms with van der Waals surface area (Å²) >= 11 is 0. The van der Waals surface area contributed by atoms with Gasteiger partial charge in [0, 0.05) is 19.2 Å². The Bertz CT molecular complexity index is 627. The monoisotopic (exact) mass is 379 g/mol. The molecule has 138 valence electrons. The van der Waals surface area contributed by atoms with Gasteiger partial charge in [-0.15, -0.1) is 0 Å². The van der Waals surface area contributed by atoms with Crippen LogP contribution in [0.4, 0.5) is 36.6 Å². The van der Waals surface area contributed by atoms with Gasteiger partial charge in [-0.2, -0.15) is 0 Å². The third-order valence-corrected chi connectivity index (χ3v) is 3.03. The van der Waals surface area contributed by atoms with E-state index in [1.54, 1.807) is 20.3 Å². The average Bonchev–Trinajstić information content (AvgIpc) is 2.96. The van der Waals surface area contributed by atoms with E-state index in [-0.39, 0.29) is 0 Å². The predicted molar refractivity (Wildman–Crippen MR) is 79.3 cm³/mol. The van der Waals surface area contributed by atoms with Crippen molar-refractivity contribution in [1.82, 2.24) is 0 Å². The molecule has 24 heavy (non-hydrogen) atoms. The van der Waals surface area contributed by atoms with Gasteiger partial charge in [0.1, 0.15) is 0 Å². The maximum atomic E-state index is 9.87. The molecule has 2 rings (SSSR count). The topological polar surface area (TPSA) is 49.9 Å². The molecule has 0 amide bonds. The van der Waals surface area contributed by atoms with Crippen LogP contribution in [-0.2, 0) is 0 Å². The quantitative estimate of drug-likeness (QED) is 0.358. The molecule has 0 N–H and O–H groups in total. The van der Waals surface area contributed by atoms with Crippen LogP contribution in [0.25, 0.3) is 4.98 Å². The second-order valence-corrected chi connectivity index (χ2v) is 6.87. The molecule has 0 saturated carbocycles. The SMILES string of the molecule is COc1cc(N2CCCC2)c(OC)cc1[N+]#N.F[P-](F)(F)(F)(F)F. The molecular weight excluding hydrogens is 363 g/mol. The van der Waals surface area contributed by atoms with Crippen LogP contribution in [0.5, 0.6) is 11.5 Å². The first-order valence-electron chi connectivity index (χ1n) is 6.67. The summed E-state index contributed by atoms with van der Waals surface area (Å²) in [5.74, 6) is 1.26. The number of methoxy groups -OCH3 is 2. The van der Waals surface area contributed by atoms with E-state index >= 15 is 0 Å². The van der Waals surface area contributed by atoms with Gasteiger partial charge in [0.25, 0.3) is 0 Å². The minimum atomic E-state index is -10.7. The summed E-state index contributed by atoms with van der Waals surface area (Å²) in [4.78, 5) is 5.45. The van der Waals surface area contributed by atoms with Gasteiger partial charge in [-0.05, 0) is 12.8 Å². The van der Waals surface area contributed by atoms with E-state index in [9.17, 15) is 25.2 Å². The fourth-order valence-corrected chi connectivity index (χ4v) is 2.15. The van der Waals surface area contributed by atoms with Crippen molar-refractivity contribution < 1.29 is 34.7 Å². The van der Waals surface area contributed by atoms with Crippen molar-refractivity contribution in [3.8, 4) is 11.5 Å². The average molecular weight is 379 g/mol. The molecular formula is C12H16F6N3O2P. The Morgan fingerprint density at radius 3 is 1.79 bits per heavy atom. The third-order valence-electron chi connectivity index (χ3n) is 3.03. The molecule has 0 atom stereocenters. The Hall–Kier alpha value is -1.95. The van der Waals surface area contributed by atoms with E-state index in [1.165, 1.54) is 12.8 Å². The standard InChI is InChI=1S/C12H16N3O2.F6P/c1-16-11-8-10(15-5-3-4-6-15)12(17-2)7-9(11)14-13;1-7(2,3,4,5)6/h7-8H,3-6H2,1-2H3;/q+1;-1. The summed E-state index contributed by atoms with van der Waals surface area (Å²) in [6.07, 6.45) is 2.38. The van der Waals surface area contributed by atoms with E-state index < -0.39 is 7.81 Å². The number of rotatable bonds is 3. The van der Waals surface area contributed by atoms with Crippen LogP contribution in [0.2, 0.25) is 0 Å². The zero-order chi connectivity index (χ0) is 18.7. The van der Waals surface area contributed by atoms with E-state index in [2.05, 4.69) is 9.88 Å². The minimum absolute atomic E-state index is 0.382. The van der Waals surface area contributed by atoms with Crippen LogP contribution in [0, 0.1) is 5.39 Å². The molecule has 1 aromatic carbocycles. The van der Waals surface area contributed by atoms with Crippen molar-refractivity contribution in [1.29, 1.82) is 5.39 Å². The first kappa shape index (κ1) is 20.1. The number of diazo groups is 1. The Balaban J connectivity index is 0.000000351. The van der Waals surface area contributed by atoms with Crippen LogP contribution < -0.4 is 14.4 Å². The number of hydrogen-bond donors (Lipinski definition) is 0. The van der Waals surface area contributed by atoms with E-state index in [4.69, 9.17) is 14.9 Å². The molecule has 0 radical (unpaired) electrons. The van der Waals surface area contributed by atoms with E-state index in [0.29, 0.717) is 17.2 Å². The number of hydrogen-bond acceptors (Lipinski definition) is 4. The molecule has 0 aliphatic carbocycles. The van der Waals surface area contributed by atoms with Gasteiger partial charge >= 0.3 is 38.7 Å². The Morgan fingerprint density at radius 2 is 1.42 bits per heavy atom. The van der Waals surface area contributed by atoms with Gasteiger partial charge in [-0.1, -0.05) is 0 Å². The molecule has 12 heteroatoms. The molecule has 1 aliphatic rings. The number of anilines is 1. The number of ether oxygens (including phenoxy) is 2. The molecule has 0 unspecified atom stereocenters. The summed E-state index contributed by atoms with van der Waals surface area (Å²) in [5.41, 5.74) is 1.38. The van der Waals surface area contributed by atoms with Crippen molar-refractivity contribution in [3.63, 3.8) is 0 Å². The maximum absolute atomic E-state index is 10.7. The first-order chi connectivity index (χ1) is 10.7. The molecule has 0 aromatic heterocycles. The predicted octanol–water partition coefficient (Wildman–Crippen LogP) is 6.17. The molecule has 1 fully saturated rings. The van der Waals surface area contributed by atoms with Gasteiger partial charge in [-0.25, -0.2) is 0 Å². The zero-order valence-electron chi connectivity index (χ0n) is 12.9. The summed E-state index contributed by atoms with van der Waals surface area (Å²) in [5, 5.41) is 8.90. The van der Waals surface area contributed by atoms with Crippen LogP contribution in [0.1, 0.15) is 12.8 Å². The fourth-order valence-electron chi connectivity index (χ4n) is 2.15. The molecule has 0 bridgehead atoms. The molecule has 1 saturated heterocycles. The second-order valence-electron chi connectivity index (χ2n) is 4.95. The van der Waals surface area contributed by atoms with Crippen LogP contribution >= 0.6 is 7.81 Å². The zero-order valence-corrected chi connectivity index (χ0v) is 13.8. The van der Waals surface area contributed by atoms with E-state index in [1.807, 2.05) is 6.07 Å². The molecule has 1 aromatic rings. The summed E-state index contributed by atoms with van der Waals surface area (Å²) in [6, 6.07) is 3.55. The molecule has 0 spiro atoms. The molecule has 5 nitrogen and oxygen atoms in total. The summed E-state index contributed by atoms with van der Waals surface area (Å²) in [7, 11) is -7.48. The first-order valence-corrected chi connectivity index (χ1v) is 8.70. The molecule has 1 heterocycles. The number of halogens is 6. The second kappa shape index (κ2) is 6.16. The van der Waals surface area contributed by atoms with Gasteiger partial charge in [0.05, 0.1) is 26.0 Å². The Labute approximate surface area is 134 Å². The van der Waals surface area contributed by atoms with E-state index in [0.717, 1.165) is 18.8 Å². The van der Waals surface area contributed by atoms with Gasteiger partial charge in [-0.3, -0.25) is 0 Å². The van der Waals surface area contributed by atoms with Gasteiger partial charge in [0.2, 0.25) is 11.1 Å². The van der Waals surface area contributed by atoms with Crippen LogP contribution in [0.15, 0.2) is 12.1 Å². The Morgan fingerprint density at radius 1 is 0.958 bits per heavy atom. The number of benzene rings is 1. The Kier molecular flexibility index (Phi) is 5.16. The normalized spacial score (nSPS) is 17.0. The summed E-state index contributed by atoms with van der Waals surface area (Å²) in [6.45, 7) is 2.05. The van der Waals surface area contributed by atoms with Gasteiger partial charge < -0.3 is 14.4 Å².